The number of rotatable bonds is 12. The molecule has 0 spiro atoms. The fourth-order valence-corrected chi connectivity index (χ4v) is 4.15. The number of Topliss-reactive ketones (excluding diaryl/α,β-unsaturated/α-hetero) is 1. The van der Waals surface area contributed by atoms with Crippen molar-refractivity contribution in [3.8, 4) is 11.5 Å². The summed E-state index contributed by atoms with van der Waals surface area (Å²) < 4.78 is 16.9. The predicted octanol–water partition coefficient (Wildman–Crippen LogP) is 5.38. The highest BCUT2D eigenvalue weighted by Crippen LogP contribution is 2.42. The molecule has 1 saturated heterocycles. The zero-order valence-electron chi connectivity index (χ0n) is 20.4. The van der Waals surface area contributed by atoms with E-state index in [0.29, 0.717) is 40.9 Å². The van der Waals surface area contributed by atoms with Crippen LogP contribution in [0.4, 0.5) is 0 Å². The third kappa shape index (κ3) is 6.16. The number of carbonyl (C=O) groups excluding carboxylic acids is 2. The SMILES string of the molecule is CCCCCOc1ccc(C2/C(=C(\O)c3ccc(Cl)cc3)C(=O)C(=O)N2CCOC)cc1OCC. The van der Waals surface area contributed by atoms with Gasteiger partial charge in [-0.3, -0.25) is 9.59 Å². The van der Waals surface area contributed by atoms with Gasteiger partial charge in [0, 0.05) is 24.2 Å². The number of ether oxygens (including phenoxy) is 3. The van der Waals surface area contributed by atoms with Crippen LogP contribution in [0.1, 0.15) is 50.3 Å². The van der Waals surface area contributed by atoms with Gasteiger partial charge in [0.2, 0.25) is 0 Å². The first-order chi connectivity index (χ1) is 16.9. The van der Waals surface area contributed by atoms with Gasteiger partial charge in [-0.2, -0.15) is 0 Å². The van der Waals surface area contributed by atoms with Crippen LogP contribution in [-0.2, 0) is 14.3 Å². The molecule has 0 radical (unpaired) electrons. The molecule has 0 aromatic heterocycles. The number of unbranched alkanes of at least 4 members (excludes halogenated alkanes) is 2. The van der Waals surface area contributed by atoms with Gasteiger partial charge >= 0.3 is 0 Å². The summed E-state index contributed by atoms with van der Waals surface area (Å²) in [6, 6.07) is 11.0. The van der Waals surface area contributed by atoms with Gasteiger partial charge in [-0.05, 0) is 55.3 Å². The molecular weight excluding hydrogens is 470 g/mol. The first-order valence-electron chi connectivity index (χ1n) is 11.9. The number of hydrogen-bond donors (Lipinski definition) is 1. The van der Waals surface area contributed by atoms with Gasteiger partial charge in [-0.25, -0.2) is 0 Å². The van der Waals surface area contributed by atoms with Crippen molar-refractivity contribution >= 4 is 29.1 Å². The molecule has 1 aliphatic rings. The number of benzene rings is 2. The van der Waals surface area contributed by atoms with Gasteiger partial charge in [0.1, 0.15) is 5.76 Å². The Morgan fingerprint density at radius 2 is 1.74 bits per heavy atom. The van der Waals surface area contributed by atoms with E-state index in [1.54, 1.807) is 42.5 Å². The van der Waals surface area contributed by atoms with Crippen LogP contribution in [0.15, 0.2) is 48.0 Å². The molecule has 2 aromatic rings. The molecule has 188 valence electrons. The molecule has 1 atom stereocenters. The molecule has 1 fully saturated rings. The molecule has 0 saturated carbocycles. The van der Waals surface area contributed by atoms with E-state index in [9.17, 15) is 14.7 Å². The quantitative estimate of drug-likeness (QED) is 0.182. The van der Waals surface area contributed by atoms with Crippen LogP contribution in [-0.4, -0.2) is 55.2 Å². The van der Waals surface area contributed by atoms with Gasteiger partial charge in [-0.1, -0.05) is 37.4 Å². The van der Waals surface area contributed by atoms with Crippen LogP contribution in [0.2, 0.25) is 5.02 Å². The Kier molecular flexibility index (Phi) is 9.57. The minimum Gasteiger partial charge on any atom is -0.507 e. The van der Waals surface area contributed by atoms with E-state index in [1.165, 1.54) is 12.0 Å². The maximum Gasteiger partial charge on any atom is 0.295 e. The fourth-order valence-electron chi connectivity index (χ4n) is 4.03. The Bertz CT molecular complexity index is 1070. The van der Waals surface area contributed by atoms with Crippen molar-refractivity contribution in [2.75, 3.05) is 33.5 Å². The van der Waals surface area contributed by atoms with Crippen molar-refractivity contribution in [2.24, 2.45) is 0 Å². The molecule has 3 rings (SSSR count). The standard InChI is InChI=1S/C27H32ClNO6/c1-4-6-7-15-35-21-13-10-19(17-22(21)34-5-2)24-23(25(30)18-8-11-20(28)12-9-18)26(31)27(32)29(24)14-16-33-3/h8-13,17,24,30H,4-7,14-16H2,1-3H3/b25-23+. The highest BCUT2D eigenvalue weighted by molar-refractivity contribution is 6.46. The number of ketones is 1. The summed E-state index contributed by atoms with van der Waals surface area (Å²) in [6.45, 7) is 5.41. The second-order valence-corrected chi connectivity index (χ2v) is 8.62. The second-order valence-electron chi connectivity index (χ2n) is 8.19. The van der Waals surface area contributed by atoms with Gasteiger partial charge in [-0.15, -0.1) is 0 Å². The highest BCUT2D eigenvalue weighted by atomic mass is 35.5. The third-order valence-corrected chi connectivity index (χ3v) is 6.03. The molecular formula is C27H32ClNO6. The van der Waals surface area contributed by atoms with Crippen molar-refractivity contribution in [3.63, 3.8) is 0 Å². The summed E-state index contributed by atoms with van der Waals surface area (Å²) >= 11 is 5.98. The van der Waals surface area contributed by atoms with E-state index in [2.05, 4.69) is 6.92 Å². The van der Waals surface area contributed by atoms with Crippen molar-refractivity contribution in [2.45, 2.75) is 39.2 Å². The van der Waals surface area contributed by atoms with Crippen molar-refractivity contribution in [1.29, 1.82) is 0 Å². The number of aliphatic hydroxyl groups excluding tert-OH is 1. The minimum absolute atomic E-state index is 0.00693. The molecule has 1 aliphatic heterocycles. The molecule has 1 amide bonds. The smallest absolute Gasteiger partial charge is 0.295 e. The van der Waals surface area contributed by atoms with Gasteiger partial charge in [0.15, 0.2) is 11.5 Å². The highest BCUT2D eigenvalue weighted by Gasteiger charge is 2.46. The van der Waals surface area contributed by atoms with Crippen LogP contribution in [0.3, 0.4) is 0 Å². The molecule has 2 aromatic carbocycles. The van der Waals surface area contributed by atoms with Crippen molar-refractivity contribution in [3.05, 3.63) is 64.2 Å². The molecule has 1 heterocycles. The van der Waals surface area contributed by atoms with Crippen LogP contribution in [0, 0.1) is 0 Å². The zero-order chi connectivity index (χ0) is 25.4. The van der Waals surface area contributed by atoms with E-state index in [1.807, 2.05) is 6.92 Å². The number of amides is 1. The summed E-state index contributed by atoms with van der Waals surface area (Å²) in [7, 11) is 1.52. The van der Waals surface area contributed by atoms with Crippen molar-refractivity contribution < 1.29 is 28.9 Å². The van der Waals surface area contributed by atoms with E-state index in [-0.39, 0.29) is 24.5 Å². The number of likely N-dealkylation sites (tertiary alicyclic amines) is 1. The second kappa shape index (κ2) is 12.6. The van der Waals surface area contributed by atoms with Crippen LogP contribution < -0.4 is 9.47 Å². The van der Waals surface area contributed by atoms with Gasteiger partial charge in [0.25, 0.3) is 11.7 Å². The molecule has 1 unspecified atom stereocenters. The summed E-state index contributed by atoms with van der Waals surface area (Å²) in [5, 5.41) is 11.6. The molecule has 0 aliphatic carbocycles. The van der Waals surface area contributed by atoms with E-state index in [4.69, 9.17) is 25.8 Å². The average molecular weight is 502 g/mol. The lowest BCUT2D eigenvalue weighted by Gasteiger charge is -2.26. The van der Waals surface area contributed by atoms with Crippen molar-refractivity contribution in [1.82, 2.24) is 4.90 Å². The summed E-state index contributed by atoms with van der Waals surface area (Å²) in [4.78, 5) is 27.5. The first kappa shape index (κ1) is 26.6. The summed E-state index contributed by atoms with van der Waals surface area (Å²) in [5.41, 5.74) is 1.03. The van der Waals surface area contributed by atoms with Crippen LogP contribution in [0.25, 0.3) is 5.76 Å². The largest absolute Gasteiger partial charge is 0.507 e. The van der Waals surface area contributed by atoms with Crippen LogP contribution in [0.5, 0.6) is 11.5 Å². The average Bonchev–Trinajstić information content (AvgIpc) is 3.11. The van der Waals surface area contributed by atoms with E-state index in [0.717, 1.165) is 19.3 Å². The number of hydrogen-bond acceptors (Lipinski definition) is 6. The normalized spacial score (nSPS) is 17.1. The van der Waals surface area contributed by atoms with E-state index < -0.39 is 17.7 Å². The Labute approximate surface area is 211 Å². The third-order valence-electron chi connectivity index (χ3n) is 5.78. The maximum absolute atomic E-state index is 13.1. The lowest BCUT2D eigenvalue weighted by molar-refractivity contribution is -0.140. The number of halogens is 1. The molecule has 8 heteroatoms. The number of methoxy groups -OCH3 is 1. The Morgan fingerprint density at radius 3 is 2.40 bits per heavy atom. The molecule has 1 N–H and O–H groups in total. The first-order valence-corrected chi connectivity index (χ1v) is 12.2. The monoisotopic (exact) mass is 501 g/mol. The number of aliphatic hydroxyl groups is 1. The number of nitrogens with zero attached hydrogens (tertiary/aromatic N) is 1. The summed E-state index contributed by atoms with van der Waals surface area (Å²) in [6.07, 6.45) is 3.09. The topological polar surface area (TPSA) is 85.3 Å². The Balaban J connectivity index is 2.07. The predicted molar refractivity (Wildman–Crippen MR) is 135 cm³/mol. The molecule has 35 heavy (non-hydrogen) atoms. The zero-order valence-corrected chi connectivity index (χ0v) is 21.1. The lowest BCUT2D eigenvalue weighted by atomic mass is 9.95. The molecule has 0 bridgehead atoms. The number of carbonyl (C=O) groups is 2. The Hall–Kier alpha value is -3.03. The summed E-state index contributed by atoms with van der Waals surface area (Å²) in [5.74, 6) is -0.594. The maximum atomic E-state index is 13.1. The van der Waals surface area contributed by atoms with E-state index >= 15 is 0 Å². The van der Waals surface area contributed by atoms with Gasteiger partial charge in [0.05, 0.1) is 31.4 Å². The van der Waals surface area contributed by atoms with Gasteiger partial charge < -0.3 is 24.2 Å². The molecule has 7 nitrogen and oxygen atoms in total. The fraction of sp³-hybridized carbons (Fsp3) is 0.407. The lowest BCUT2D eigenvalue weighted by Crippen LogP contribution is -2.32. The minimum atomic E-state index is -0.811. The van der Waals surface area contributed by atoms with Crippen LogP contribution >= 0.6 is 11.6 Å². The Morgan fingerprint density at radius 1 is 1.00 bits per heavy atom.